The van der Waals surface area contributed by atoms with Crippen molar-refractivity contribution in [2.75, 3.05) is 32.1 Å². The highest BCUT2D eigenvalue weighted by Gasteiger charge is 2.35. The van der Waals surface area contributed by atoms with Crippen molar-refractivity contribution < 1.29 is 18.3 Å². The van der Waals surface area contributed by atoms with Crippen molar-refractivity contribution in [2.45, 2.75) is 32.0 Å². The van der Waals surface area contributed by atoms with E-state index in [1.54, 1.807) is 31.4 Å². The van der Waals surface area contributed by atoms with Crippen LogP contribution in [-0.4, -0.2) is 54.5 Å². The Balaban J connectivity index is 1.48. The molecule has 184 valence electrons. The molecule has 0 saturated carbocycles. The second-order valence-electron chi connectivity index (χ2n) is 9.11. The summed E-state index contributed by atoms with van der Waals surface area (Å²) in [4.78, 5) is 17.3. The van der Waals surface area contributed by atoms with E-state index in [0.29, 0.717) is 13.1 Å². The molecule has 7 heteroatoms. The van der Waals surface area contributed by atoms with E-state index in [1.807, 2.05) is 24.3 Å². The van der Waals surface area contributed by atoms with Gasteiger partial charge in [0.05, 0.1) is 19.7 Å². The van der Waals surface area contributed by atoms with Gasteiger partial charge in [0, 0.05) is 30.9 Å². The fourth-order valence-electron chi connectivity index (χ4n) is 4.73. The van der Waals surface area contributed by atoms with E-state index < -0.39 is 0 Å². The first-order valence-corrected chi connectivity index (χ1v) is 11.8. The number of rotatable bonds is 7. The molecule has 0 aliphatic carbocycles. The van der Waals surface area contributed by atoms with Crippen molar-refractivity contribution in [3.05, 3.63) is 95.6 Å². The fraction of sp³-hybridized carbons (Fsp3) is 0.321. The van der Waals surface area contributed by atoms with Gasteiger partial charge in [-0.3, -0.25) is 14.6 Å². The molecular formula is C28H31F2N3O2. The Bertz CT molecular complexity index is 1070. The second-order valence-corrected chi connectivity index (χ2v) is 9.11. The van der Waals surface area contributed by atoms with Crippen LogP contribution in [0.3, 0.4) is 0 Å². The number of carbonyl (C=O) groups is 1. The lowest BCUT2D eigenvalue weighted by atomic mass is 9.93. The number of benzene rings is 3. The monoisotopic (exact) mass is 479 g/mol. The van der Waals surface area contributed by atoms with Crippen LogP contribution in [0.4, 0.5) is 14.5 Å². The number of nitrogens with one attached hydrogen (secondary N) is 1. The van der Waals surface area contributed by atoms with Crippen LogP contribution in [-0.2, 0) is 4.79 Å². The molecule has 0 spiro atoms. The maximum Gasteiger partial charge on any atom is 0.238 e. The van der Waals surface area contributed by atoms with Gasteiger partial charge in [-0.1, -0.05) is 24.3 Å². The third-order valence-corrected chi connectivity index (χ3v) is 6.59. The highest BCUT2D eigenvalue weighted by molar-refractivity contribution is 5.92. The minimum Gasteiger partial charge on any atom is -0.497 e. The molecule has 1 amide bonds. The van der Waals surface area contributed by atoms with Crippen molar-refractivity contribution in [2.24, 2.45) is 0 Å². The number of carbonyl (C=O) groups excluding carboxylic acids is 1. The standard InChI is InChI=1S/C28H31F2N3O2/c1-19-17-33(28(21-4-8-23(29)9-5-21)22-6-10-24(30)11-7-22)20(2)16-32(19)18-27(34)31-25-12-14-26(35-3)15-13-25/h4-15,19-20,28H,16-18H2,1-3H3,(H,31,34). The Morgan fingerprint density at radius 1 is 0.886 bits per heavy atom. The van der Waals surface area contributed by atoms with E-state index in [9.17, 15) is 13.6 Å². The summed E-state index contributed by atoms with van der Waals surface area (Å²) in [6, 6.07) is 20.3. The van der Waals surface area contributed by atoms with Gasteiger partial charge >= 0.3 is 0 Å². The summed E-state index contributed by atoms with van der Waals surface area (Å²) in [5, 5.41) is 2.95. The zero-order valence-electron chi connectivity index (χ0n) is 20.2. The van der Waals surface area contributed by atoms with E-state index >= 15 is 0 Å². The number of nitrogens with zero attached hydrogens (tertiary/aromatic N) is 2. The molecule has 2 unspecified atom stereocenters. The van der Waals surface area contributed by atoms with Crippen molar-refractivity contribution in [3.63, 3.8) is 0 Å². The van der Waals surface area contributed by atoms with Crippen molar-refractivity contribution in [1.82, 2.24) is 9.80 Å². The summed E-state index contributed by atoms with van der Waals surface area (Å²) < 4.78 is 32.4. The van der Waals surface area contributed by atoms with Gasteiger partial charge in [-0.15, -0.1) is 0 Å². The van der Waals surface area contributed by atoms with Crippen LogP contribution in [0.5, 0.6) is 5.75 Å². The van der Waals surface area contributed by atoms with Crippen LogP contribution in [0.25, 0.3) is 0 Å². The topological polar surface area (TPSA) is 44.8 Å². The molecule has 1 fully saturated rings. The molecule has 5 nitrogen and oxygen atoms in total. The zero-order chi connectivity index (χ0) is 24.9. The van der Waals surface area contributed by atoms with Gasteiger partial charge in [0.25, 0.3) is 0 Å². The number of ether oxygens (including phenoxy) is 1. The smallest absolute Gasteiger partial charge is 0.238 e. The van der Waals surface area contributed by atoms with Gasteiger partial charge in [0.15, 0.2) is 0 Å². The summed E-state index contributed by atoms with van der Waals surface area (Å²) in [7, 11) is 1.60. The van der Waals surface area contributed by atoms with Crippen molar-refractivity contribution in [1.29, 1.82) is 0 Å². The molecule has 1 heterocycles. The third-order valence-electron chi connectivity index (χ3n) is 6.59. The lowest BCUT2D eigenvalue weighted by Crippen LogP contribution is -2.58. The Morgan fingerprint density at radius 2 is 1.43 bits per heavy atom. The molecule has 3 aromatic rings. The SMILES string of the molecule is COc1ccc(NC(=O)CN2CC(C)N(C(c3ccc(F)cc3)c3ccc(F)cc3)CC2C)cc1. The molecule has 0 bridgehead atoms. The molecule has 0 aromatic heterocycles. The van der Waals surface area contributed by atoms with Gasteiger partial charge in [-0.05, 0) is 73.5 Å². The number of piperazine rings is 1. The Hall–Kier alpha value is -3.29. The third kappa shape index (κ3) is 6.05. The van der Waals surface area contributed by atoms with E-state index in [2.05, 4.69) is 29.0 Å². The first kappa shape index (κ1) is 24.8. The summed E-state index contributed by atoms with van der Waals surface area (Å²) >= 11 is 0. The first-order valence-electron chi connectivity index (χ1n) is 11.8. The molecule has 4 rings (SSSR count). The molecule has 2 atom stereocenters. The predicted molar refractivity (Wildman–Crippen MR) is 133 cm³/mol. The quantitative estimate of drug-likeness (QED) is 0.512. The van der Waals surface area contributed by atoms with E-state index in [-0.39, 0.29) is 42.2 Å². The van der Waals surface area contributed by atoms with Crippen molar-refractivity contribution in [3.8, 4) is 5.75 Å². The summed E-state index contributed by atoms with van der Waals surface area (Å²) in [6.07, 6.45) is 0. The molecule has 35 heavy (non-hydrogen) atoms. The van der Waals surface area contributed by atoms with Crippen molar-refractivity contribution >= 4 is 11.6 Å². The first-order chi connectivity index (χ1) is 16.8. The largest absolute Gasteiger partial charge is 0.497 e. The highest BCUT2D eigenvalue weighted by atomic mass is 19.1. The van der Waals surface area contributed by atoms with Crippen LogP contribution in [0.2, 0.25) is 0 Å². The van der Waals surface area contributed by atoms with E-state index in [4.69, 9.17) is 4.74 Å². The molecule has 1 N–H and O–H groups in total. The average molecular weight is 480 g/mol. The maximum atomic E-state index is 13.6. The molecule has 1 aliphatic rings. The molecule has 1 aliphatic heterocycles. The predicted octanol–water partition coefficient (Wildman–Crippen LogP) is 5.10. The maximum absolute atomic E-state index is 13.6. The molecular weight excluding hydrogens is 448 g/mol. The zero-order valence-corrected chi connectivity index (χ0v) is 20.2. The van der Waals surface area contributed by atoms with Crippen LogP contribution in [0, 0.1) is 11.6 Å². The minimum absolute atomic E-state index is 0.0729. The van der Waals surface area contributed by atoms with Gasteiger partial charge in [0.2, 0.25) is 5.91 Å². The number of anilines is 1. The lowest BCUT2D eigenvalue weighted by molar-refractivity contribution is -0.119. The van der Waals surface area contributed by atoms with Crippen LogP contribution in [0.1, 0.15) is 31.0 Å². The van der Waals surface area contributed by atoms with E-state index in [1.165, 1.54) is 24.3 Å². The van der Waals surface area contributed by atoms with Gasteiger partial charge < -0.3 is 10.1 Å². The van der Waals surface area contributed by atoms with E-state index in [0.717, 1.165) is 22.6 Å². The van der Waals surface area contributed by atoms with Gasteiger partial charge in [-0.2, -0.15) is 0 Å². The number of halogens is 2. The number of amides is 1. The van der Waals surface area contributed by atoms with Crippen LogP contribution in [0.15, 0.2) is 72.8 Å². The number of methoxy groups -OCH3 is 1. The Labute approximate surface area is 205 Å². The lowest BCUT2D eigenvalue weighted by Gasteiger charge is -2.47. The summed E-state index contributed by atoms with van der Waals surface area (Å²) in [5.41, 5.74) is 2.62. The Morgan fingerprint density at radius 3 is 1.94 bits per heavy atom. The molecule has 3 aromatic carbocycles. The highest BCUT2D eigenvalue weighted by Crippen LogP contribution is 2.33. The fourth-order valence-corrected chi connectivity index (χ4v) is 4.73. The van der Waals surface area contributed by atoms with Gasteiger partial charge in [-0.25, -0.2) is 8.78 Å². The normalized spacial score (nSPS) is 19.0. The minimum atomic E-state index is -0.291. The van der Waals surface area contributed by atoms with Crippen LogP contribution >= 0.6 is 0 Å². The average Bonchev–Trinajstić information content (AvgIpc) is 2.85. The Kier molecular flexibility index (Phi) is 7.78. The summed E-state index contributed by atoms with van der Waals surface area (Å²) in [6.45, 7) is 5.90. The second kappa shape index (κ2) is 11.0. The van der Waals surface area contributed by atoms with Crippen LogP contribution < -0.4 is 10.1 Å². The molecule has 1 saturated heterocycles. The van der Waals surface area contributed by atoms with Gasteiger partial charge in [0.1, 0.15) is 17.4 Å². The molecule has 0 radical (unpaired) electrons. The number of hydrogen-bond acceptors (Lipinski definition) is 4. The number of hydrogen-bond donors (Lipinski definition) is 1. The summed E-state index contributed by atoms with van der Waals surface area (Å²) in [5.74, 6) is 0.0798.